The maximum Gasteiger partial charge on any atom is 0.469 e. The van der Waals surface area contributed by atoms with E-state index in [0.717, 1.165) is 6.21 Å². The number of aromatic nitrogens is 1. The van der Waals surface area contributed by atoms with Crippen molar-refractivity contribution in [3.63, 3.8) is 0 Å². The Labute approximate surface area is 113 Å². The van der Waals surface area contributed by atoms with E-state index in [1.807, 2.05) is 0 Å². The molecule has 9 nitrogen and oxygen atoms in total. The number of carbonyl (C=O) groups is 1. The first-order valence-corrected chi connectivity index (χ1v) is 6.79. The minimum Gasteiger partial charge on any atom is -0.871 e. The molecule has 1 aromatic heterocycles. The van der Waals surface area contributed by atoms with Crippen molar-refractivity contribution in [3.8, 4) is 5.75 Å². The highest BCUT2D eigenvalue weighted by Gasteiger charge is 2.15. The maximum absolute atomic E-state index is 11.8. The predicted octanol–water partition coefficient (Wildman–Crippen LogP) is -1.76. The number of phosphoric ester groups is 1. The minimum absolute atomic E-state index is 0.0350. The molecule has 0 aliphatic carbocycles. The fourth-order valence-corrected chi connectivity index (χ4v) is 1.57. The minimum atomic E-state index is -4.70. The number of aliphatic imine (C=N–C) groups is 1. The summed E-state index contributed by atoms with van der Waals surface area (Å²) < 4.78 is 14.9. The first-order chi connectivity index (χ1) is 9.20. The van der Waals surface area contributed by atoms with Gasteiger partial charge in [-0.1, -0.05) is 5.75 Å². The van der Waals surface area contributed by atoms with E-state index in [-0.39, 0.29) is 16.8 Å². The molecule has 0 radical (unpaired) electrons. The summed E-state index contributed by atoms with van der Waals surface area (Å²) in [5.74, 6) is -1.95. The van der Waals surface area contributed by atoms with Crippen molar-refractivity contribution in [2.45, 2.75) is 13.5 Å². The van der Waals surface area contributed by atoms with Gasteiger partial charge < -0.3 is 24.8 Å². The molecule has 0 bridgehead atoms. The summed E-state index contributed by atoms with van der Waals surface area (Å²) >= 11 is 0. The molecule has 0 unspecified atom stereocenters. The van der Waals surface area contributed by atoms with Gasteiger partial charge >= 0.3 is 7.82 Å². The van der Waals surface area contributed by atoms with E-state index in [4.69, 9.17) is 9.79 Å². The average molecular weight is 302 g/mol. The third kappa shape index (κ3) is 5.06. The highest BCUT2D eigenvalue weighted by molar-refractivity contribution is 7.46. The van der Waals surface area contributed by atoms with Gasteiger partial charge in [-0.3, -0.25) is 14.5 Å². The Morgan fingerprint density at radius 3 is 2.80 bits per heavy atom. The molecule has 0 aliphatic rings. The number of phosphoric acid groups is 1. The number of hydrogen-bond donors (Lipinski definition) is 2. The van der Waals surface area contributed by atoms with Gasteiger partial charge in [0.2, 0.25) is 0 Å². The van der Waals surface area contributed by atoms with Crippen LogP contribution in [0, 0.1) is 6.92 Å². The number of aliphatic carboxylic acids is 1. The number of hydrogen-bond acceptors (Lipinski definition) is 7. The Bertz CT molecular complexity index is 581. The Hall–Kier alpha value is -1.80. The largest absolute Gasteiger partial charge is 0.871 e. The predicted molar refractivity (Wildman–Crippen MR) is 62.7 cm³/mol. The molecule has 110 valence electrons. The standard InChI is InChI=1S/C10H13N2O7P/c1-6-10(15)8(3-11-4-9(13)14)7(2-12-6)5-19-20(16,17)18/h2-3,15H,4-5H2,1H3,(H,13,14)(H2,16,17,18)/p-2. The van der Waals surface area contributed by atoms with Crippen LogP contribution in [-0.2, 0) is 20.5 Å². The van der Waals surface area contributed by atoms with E-state index < -0.39 is 32.7 Å². The van der Waals surface area contributed by atoms with Gasteiger partial charge in [-0.25, -0.2) is 4.57 Å². The molecule has 0 saturated carbocycles. The smallest absolute Gasteiger partial charge is 0.469 e. The van der Waals surface area contributed by atoms with Gasteiger partial charge in [0, 0.05) is 23.7 Å². The molecule has 1 aromatic rings. The van der Waals surface area contributed by atoms with E-state index in [0.29, 0.717) is 0 Å². The van der Waals surface area contributed by atoms with Gasteiger partial charge in [0.15, 0.2) is 0 Å². The van der Waals surface area contributed by atoms with Crippen LogP contribution in [0.2, 0.25) is 0 Å². The summed E-state index contributed by atoms with van der Waals surface area (Å²) in [6, 6.07) is 0. The SMILES string of the molecule is Cc1ncc(COP(=O)(O)O)c(C=NCC(=O)[O-])c1[O-]. The summed E-state index contributed by atoms with van der Waals surface area (Å²) in [7, 11) is -4.70. The van der Waals surface area contributed by atoms with Crippen molar-refractivity contribution in [1.29, 1.82) is 0 Å². The van der Waals surface area contributed by atoms with Crippen molar-refractivity contribution in [3.05, 3.63) is 23.0 Å². The first-order valence-electron chi connectivity index (χ1n) is 5.26. The Morgan fingerprint density at radius 2 is 2.25 bits per heavy atom. The molecule has 0 amide bonds. The lowest BCUT2D eigenvalue weighted by molar-refractivity contribution is -0.303. The lowest BCUT2D eigenvalue weighted by atomic mass is 10.1. The van der Waals surface area contributed by atoms with Crippen LogP contribution >= 0.6 is 7.82 Å². The molecule has 10 heteroatoms. The second kappa shape index (κ2) is 6.58. The summed E-state index contributed by atoms with van der Waals surface area (Å²) in [5, 5.41) is 22.1. The highest BCUT2D eigenvalue weighted by atomic mass is 31.2. The van der Waals surface area contributed by atoms with Crippen LogP contribution in [0.15, 0.2) is 11.2 Å². The maximum atomic E-state index is 11.8. The van der Waals surface area contributed by atoms with Crippen LogP contribution in [0.25, 0.3) is 0 Å². The number of pyridine rings is 1. The third-order valence-corrected chi connectivity index (χ3v) is 2.63. The zero-order valence-electron chi connectivity index (χ0n) is 10.3. The number of carbonyl (C=O) groups excluding carboxylic acids is 1. The van der Waals surface area contributed by atoms with Gasteiger partial charge in [0.05, 0.1) is 19.1 Å². The second-order valence-corrected chi connectivity index (χ2v) is 4.96. The van der Waals surface area contributed by atoms with Gasteiger partial charge in [0.1, 0.15) is 0 Å². The van der Waals surface area contributed by atoms with Crippen molar-refractivity contribution in [2.75, 3.05) is 6.54 Å². The average Bonchev–Trinajstić information content (AvgIpc) is 2.32. The Morgan fingerprint density at radius 1 is 1.60 bits per heavy atom. The van der Waals surface area contributed by atoms with Crippen LogP contribution in [0.3, 0.4) is 0 Å². The molecule has 0 saturated heterocycles. The number of aryl methyl sites for hydroxylation is 1. The Kier molecular flexibility index (Phi) is 5.34. The van der Waals surface area contributed by atoms with Crippen LogP contribution in [0.5, 0.6) is 5.75 Å². The van der Waals surface area contributed by atoms with E-state index in [1.54, 1.807) is 0 Å². The molecule has 0 aromatic carbocycles. The molecule has 0 atom stereocenters. The summed E-state index contributed by atoms with van der Waals surface area (Å²) in [4.78, 5) is 34.7. The van der Waals surface area contributed by atoms with E-state index >= 15 is 0 Å². The van der Waals surface area contributed by atoms with Crippen molar-refractivity contribution in [2.24, 2.45) is 4.99 Å². The summed E-state index contributed by atoms with van der Waals surface area (Å²) in [6.07, 6.45) is 2.19. The van der Waals surface area contributed by atoms with Crippen LogP contribution in [-0.4, -0.2) is 33.5 Å². The zero-order valence-corrected chi connectivity index (χ0v) is 11.2. The molecule has 0 fully saturated rings. The van der Waals surface area contributed by atoms with Gasteiger partial charge in [0.25, 0.3) is 0 Å². The van der Waals surface area contributed by atoms with Gasteiger partial charge in [-0.15, -0.1) is 0 Å². The Balaban J connectivity index is 3.04. The molecular formula is C10H11N2O7P-2. The molecule has 2 N–H and O–H groups in total. The first kappa shape index (κ1) is 16.3. The van der Waals surface area contributed by atoms with Crippen molar-refractivity contribution < 1.29 is 33.9 Å². The molecule has 0 spiro atoms. The van der Waals surface area contributed by atoms with E-state index in [2.05, 4.69) is 14.5 Å². The normalized spacial score (nSPS) is 11.9. The highest BCUT2D eigenvalue weighted by Crippen LogP contribution is 2.37. The molecule has 0 aliphatic heterocycles. The molecule has 1 heterocycles. The lowest BCUT2D eigenvalue weighted by Gasteiger charge is -2.17. The summed E-state index contributed by atoms with van der Waals surface area (Å²) in [6.45, 7) is 0.241. The van der Waals surface area contributed by atoms with Crippen molar-refractivity contribution in [1.82, 2.24) is 4.98 Å². The number of rotatable bonds is 6. The summed E-state index contributed by atoms with van der Waals surface area (Å²) in [5.41, 5.74) is 0.193. The number of nitrogens with zero attached hydrogens (tertiary/aromatic N) is 2. The number of carboxylic acids is 1. The van der Waals surface area contributed by atoms with Crippen LogP contribution < -0.4 is 10.2 Å². The van der Waals surface area contributed by atoms with E-state index in [1.165, 1.54) is 13.1 Å². The van der Waals surface area contributed by atoms with Gasteiger partial charge in [-0.05, 0) is 12.5 Å². The lowest BCUT2D eigenvalue weighted by Crippen LogP contribution is -2.25. The molecular weight excluding hydrogens is 291 g/mol. The van der Waals surface area contributed by atoms with E-state index in [9.17, 15) is 19.6 Å². The van der Waals surface area contributed by atoms with Crippen LogP contribution in [0.4, 0.5) is 0 Å². The molecule has 1 rings (SSSR count). The zero-order chi connectivity index (χ0) is 15.3. The fourth-order valence-electron chi connectivity index (χ4n) is 1.27. The monoisotopic (exact) mass is 302 g/mol. The van der Waals surface area contributed by atoms with Crippen LogP contribution in [0.1, 0.15) is 16.8 Å². The molecule has 20 heavy (non-hydrogen) atoms. The fraction of sp³-hybridized carbons (Fsp3) is 0.300. The van der Waals surface area contributed by atoms with Gasteiger partial charge in [-0.2, -0.15) is 0 Å². The van der Waals surface area contributed by atoms with Crippen molar-refractivity contribution >= 4 is 20.0 Å². The topological polar surface area (TPSA) is 155 Å². The third-order valence-electron chi connectivity index (χ3n) is 2.16. The number of carboxylic acid groups (broad SMARTS) is 1. The second-order valence-electron chi connectivity index (χ2n) is 3.72. The quantitative estimate of drug-likeness (QED) is 0.462.